The Morgan fingerprint density at radius 3 is 2.62 bits per heavy atom. The molecule has 1 aromatic rings. The lowest BCUT2D eigenvalue weighted by molar-refractivity contribution is -0.148. The van der Waals surface area contributed by atoms with Crippen molar-refractivity contribution in [3.63, 3.8) is 0 Å². The first-order chi connectivity index (χ1) is 10.0. The summed E-state index contributed by atoms with van der Waals surface area (Å²) < 4.78 is 5.41. The van der Waals surface area contributed by atoms with E-state index in [2.05, 4.69) is 0 Å². The fourth-order valence-electron chi connectivity index (χ4n) is 2.14. The van der Waals surface area contributed by atoms with Gasteiger partial charge < -0.3 is 14.5 Å². The fraction of sp³-hybridized carbons (Fsp3) is 0.400. The fourth-order valence-corrected chi connectivity index (χ4v) is 2.14. The third kappa shape index (κ3) is 3.39. The molecule has 0 spiro atoms. The molecule has 1 fully saturated rings. The second-order valence-electron chi connectivity index (χ2n) is 4.85. The predicted octanol–water partition coefficient (Wildman–Crippen LogP) is 0.569. The molecule has 1 aliphatic rings. The normalized spacial score (nSPS) is 15.3. The molecule has 1 aliphatic heterocycles. The molecule has 2 rings (SSSR count). The van der Waals surface area contributed by atoms with Crippen LogP contribution in [-0.4, -0.2) is 60.7 Å². The number of benzene rings is 1. The van der Waals surface area contributed by atoms with Gasteiger partial charge in [-0.1, -0.05) is 12.1 Å². The molecule has 6 nitrogen and oxygen atoms in total. The van der Waals surface area contributed by atoms with Gasteiger partial charge in [-0.15, -0.1) is 0 Å². The van der Waals surface area contributed by atoms with E-state index in [1.807, 2.05) is 6.92 Å². The van der Waals surface area contributed by atoms with Crippen LogP contribution in [-0.2, 0) is 9.59 Å². The zero-order valence-electron chi connectivity index (χ0n) is 12.2. The number of likely N-dealkylation sites (N-methyl/N-ethyl adjacent to an activating group) is 1. The van der Waals surface area contributed by atoms with Gasteiger partial charge in [-0.3, -0.25) is 14.4 Å². The second-order valence-corrected chi connectivity index (χ2v) is 4.85. The van der Waals surface area contributed by atoms with E-state index in [0.29, 0.717) is 17.9 Å². The molecule has 0 aliphatic carbocycles. The van der Waals surface area contributed by atoms with Crippen molar-refractivity contribution in [2.24, 2.45) is 0 Å². The van der Waals surface area contributed by atoms with Crippen LogP contribution in [0.5, 0.6) is 5.75 Å². The van der Waals surface area contributed by atoms with Crippen LogP contribution in [0.4, 0.5) is 0 Å². The molecular weight excluding hydrogens is 272 g/mol. The van der Waals surface area contributed by atoms with Crippen molar-refractivity contribution < 1.29 is 19.1 Å². The summed E-state index contributed by atoms with van der Waals surface area (Å²) in [4.78, 5) is 38.5. The van der Waals surface area contributed by atoms with Gasteiger partial charge in [-0.25, -0.2) is 0 Å². The minimum absolute atomic E-state index is 0.0131. The molecule has 0 N–H and O–H groups in total. The molecule has 0 unspecified atom stereocenters. The summed E-state index contributed by atoms with van der Waals surface area (Å²) >= 11 is 0. The number of amides is 2. The van der Waals surface area contributed by atoms with E-state index in [-0.39, 0.29) is 37.2 Å². The Hall–Kier alpha value is -2.37. The third-order valence-corrected chi connectivity index (χ3v) is 3.30. The van der Waals surface area contributed by atoms with Crippen molar-refractivity contribution in [3.05, 3.63) is 29.8 Å². The Kier molecular flexibility index (Phi) is 4.57. The van der Waals surface area contributed by atoms with E-state index in [0.717, 1.165) is 0 Å². The quantitative estimate of drug-likeness (QED) is 0.744. The van der Waals surface area contributed by atoms with Crippen molar-refractivity contribution in [2.45, 2.75) is 6.92 Å². The molecule has 0 aromatic heterocycles. The smallest absolute Gasteiger partial charge is 0.243 e. The zero-order valence-corrected chi connectivity index (χ0v) is 12.2. The minimum Gasteiger partial charge on any atom is -0.493 e. The Morgan fingerprint density at radius 2 is 1.90 bits per heavy atom. The lowest BCUT2D eigenvalue weighted by atomic mass is 10.1. The van der Waals surface area contributed by atoms with Crippen LogP contribution < -0.4 is 4.74 Å². The van der Waals surface area contributed by atoms with Crippen molar-refractivity contribution in [1.82, 2.24) is 9.80 Å². The summed E-state index contributed by atoms with van der Waals surface area (Å²) in [5.74, 6) is -0.123. The number of hydrogen-bond acceptors (Lipinski definition) is 4. The van der Waals surface area contributed by atoms with Gasteiger partial charge in [0.2, 0.25) is 11.8 Å². The highest BCUT2D eigenvalue weighted by molar-refractivity contribution is 6.03. The number of rotatable bonds is 5. The molecule has 1 saturated heterocycles. The molecule has 1 aromatic carbocycles. The Balaban J connectivity index is 2.11. The number of ketones is 1. The summed E-state index contributed by atoms with van der Waals surface area (Å²) in [5.41, 5.74) is 0.429. The van der Waals surface area contributed by atoms with Crippen molar-refractivity contribution >= 4 is 17.6 Å². The van der Waals surface area contributed by atoms with Gasteiger partial charge >= 0.3 is 0 Å². The molecule has 6 heteroatoms. The van der Waals surface area contributed by atoms with Gasteiger partial charge in [0, 0.05) is 7.05 Å². The summed E-state index contributed by atoms with van der Waals surface area (Å²) in [6, 6.07) is 6.91. The Bertz CT molecular complexity index is 571. The second kappa shape index (κ2) is 6.39. The lowest BCUT2D eigenvalue weighted by Gasteiger charge is -2.31. The third-order valence-electron chi connectivity index (χ3n) is 3.30. The van der Waals surface area contributed by atoms with Crippen LogP contribution in [0, 0.1) is 0 Å². The van der Waals surface area contributed by atoms with E-state index in [1.165, 1.54) is 9.80 Å². The highest BCUT2D eigenvalue weighted by Gasteiger charge is 2.29. The highest BCUT2D eigenvalue weighted by Crippen LogP contribution is 2.19. The number of hydrogen-bond donors (Lipinski definition) is 0. The Morgan fingerprint density at radius 1 is 1.19 bits per heavy atom. The molecule has 1 heterocycles. The number of carbonyl (C=O) groups is 3. The topological polar surface area (TPSA) is 66.9 Å². The first-order valence-corrected chi connectivity index (χ1v) is 6.79. The van der Waals surface area contributed by atoms with Gasteiger partial charge in [0.25, 0.3) is 0 Å². The van der Waals surface area contributed by atoms with E-state index < -0.39 is 0 Å². The van der Waals surface area contributed by atoms with Gasteiger partial charge in [0.05, 0.1) is 25.3 Å². The van der Waals surface area contributed by atoms with Crippen molar-refractivity contribution in [1.29, 1.82) is 0 Å². The van der Waals surface area contributed by atoms with E-state index in [1.54, 1.807) is 31.3 Å². The first kappa shape index (κ1) is 15.0. The monoisotopic (exact) mass is 290 g/mol. The maximum Gasteiger partial charge on any atom is 0.243 e. The maximum absolute atomic E-state index is 12.3. The number of carbonyl (C=O) groups excluding carboxylic acids is 3. The van der Waals surface area contributed by atoms with Crippen LogP contribution >= 0.6 is 0 Å². The minimum atomic E-state index is -0.232. The molecule has 112 valence electrons. The maximum atomic E-state index is 12.3. The van der Waals surface area contributed by atoms with Crippen LogP contribution in [0.15, 0.2) is 24.3 Å². The van der Waals surface area contributed by atoms with Crippen LogP contribution in [0.3, 0.4) is 0 Å². The number of piperazine rings is 1. The van der Waals surface area contributed by atoms with Gasteiger partial charge in [0.15, 0.2) is 5.78 Å². The highest BCUT2D eigenvalue weighted by atomic mass is 16.5. The van der Waals surface area contributed by atoms with E-state index in [4.69, 9.17) is 4.74 Å². The summed E-state index contributed by atoms with van der Waals surface area (Å²) in [6.45, 7) is 2.14. The van der Waals surface area contributed by atoms with Gasteiger partial charge in [0.1, 0.15) is 12.3 Å². The van der Waals surface area contributed by atoms with E-state index >= 15 is 0 Å². The molecule has 2 amide bonds. The number of Topliss-reactive ketones (excluding diaryl/α,β-unsaturated/α-hetero) is 1. The molecule has 0 saturated carbocycles. The number of ether oxygens (including phenoxy) is 1. The first-order valence-electron chi connectivity index (χ1n) is 6.79. The van der Waals surface area contributed by atoms with Gasteiger partial charge in [-0.2, -0.15) is 0 Å². The van der Waals surface area contributed by atoms with Crippen LogP contribution in [0.25, 0.3) is 0 Å². The van der Waals surface area contributed by atoms with Gasteiger partial charge in [-0.05, 0) is 19.1 Å². The SMILES string of the molecule is CCOc1ccccc1C(=O)CN1CC(=O)N(C)CC1=O. The largest absolute Gasteiger partial charge is 0.493 e. The predicted molar refractivity (Wildman–Crippen MR) is 76.2 cm³/mol. The lowest BCUT2D eigenvalue weighted by Crippen LogP contribution is -2.53. The summed E-state index contributed by atoms with van der Waals surface area (Å²) in [5, 5.41) is 0. The molecule has 21 heavy (non-hydrogen) atoms. The number of nitrogens with zero attached hydrogens (tertiary/aromatic N) is 2. The van der Waals surface area contributed by atoms with Crippen LogP contribution in [0.1, 0.15) is 17.3 Å². The number of para-hydroxylation sites is 1. The average Bonchev–Trinajstić information content (AvgIpc) is 2.45. The molecule has 0 bridgehead atoms. The van der Waals surface area contributed by atoms with Crippen molar-refractivity contribution in [3.8, 4) is 5.75 Å². The molecule has 0 radical (unpaired) electrons. The van der Waals surface area contributed by atoms with E-state index in [9.17, 15) is 14.4 Å². The summed E-state index contributed by atoms with van der Waals surface area (Å²) in [7, 11) is 1.57. The van der Waals surface area contributed by atoms with Crippen molar-refractivity contribution in [2.75, 3.05) is 33.3 Å². The summed E-state index contributed by atoms with van der Waals surface area (Å²) in [6.07, 6.45) is 0. The Labute approximate surface area is 123 Å². The average molecular weight is 290 g/mol. The van der Waals surface area contributed by atoms with Crippen LogP contribution in [0.2, 0.25) is 0 Å². The zero-order chi connectivity index (χ0) is 15.4. The standard InChI is InChI=1S/C15H18N2O4/c1-3-21-13-7-5-4-6-11(13)12(18)8-17-10-14(19)16(2)9-15(17)20/h4-7H,3,8-10H2,1-2H3. The molecule has 0 atom stereocenters. The molecular formula is C15H18N2O4.